The molecule has 3 heteroatoms. The van der Waals surface area contributed by atoms with Gasteiger partial charge in [-0.3, -0.25) is 0 Å². The van der Waals surface area contributed by atoms with E-state index in [0.29, 0.717) is 0 Å². The molecule has 0 saturated carbocycles. The number of aryl methyl sites for hydroxylation is 1. The van der Waals surface area contributed by atoms with Crippen LogP contribution in [0.3, 0.4) is 0 Å². The van der Waals surface area contributed by atoms with E-state index in [9.17, 15) is 0 Å². The number of benzene rings is 9. The maximum Gasteiger partial charge on any atom is 0.252 e. The fourth-order valence-electron chi connectivity index (χ4n) is 13.2. The van der Waals surface area contributed by atoms with Crippen LogP contribution >= 0.6 is 0 Å². The Kier molecular flexibility index (Phi) is 11.6. The van der Waals surface area contributed by atoms with E-state index in [0.717, 1.165) is 18.5 Å². The lowest BCUT2D eigenvalue weighted by atomic mass is 9.33. The van der Waals surface area contributed by atoms with Crippen molar-refractivity contribution in [3.05, 3.63) is 245 Å². The maximum absolute atomic E-state index is 2.70. The molecule has 0 unspecified atom stereocenters. The average molecular weight is 989 g/mol. The second-order valence-electron chi connectivity index (χ2n) is 25.7. The summed E-state index contributed by atoms with van der Waals surface area (Å²) in [5, 5.41) is 0. The van der Waals surface area contributed by atoms with Gasteiger partial charge in [0.2, 0.25) is 0 Å². The van der Waals surface area contributed by atoms with E-state index < -0.39 is 0 Å². The van der Waals surface area contributed by atoms with Gasteiger partial charge in [-0.05, 0) is 162 Å². The molecule has 0 atom stereocenters. The van der Waals surface area contributed by atoms with Crippen LogP contribution in [-0.2, 0) is 27.1 Å². The highest BCUT2D eigenvalue weighted by atomic mass is 15.2. The van der Waals surface area contributed by atoms with E-state index in [1.165, 1.54) is 112 Å². The minimum absolute atomic E-state index is 0.00217. The van der Waals surface area contributed by atoms with Gasteiger partial charge in [0.1, 0.15) is 0 Å². The van der Waals surface area contributed by atoms with E-state index >= 15 is 0 Å². The molecule has 2 nitrogen and oxygen atoms in total. The Hall–Kier alpha value is -7.36. The predicted octanol–water partition coefficient (Wildman–Crippen LogP) is 17.7. The van der Waals surface area contributed by atoms with Crippen molar-refractivity contribution in [2.45, 2.75) is 123 Å². The van der Waals surface area contributed by atoms with Crippen molar-refractivity contribution in [1.82, 2.24) is 0 Å². The normalized spacial score (nSPS) is 15.4. The van der Waals surface area contributed by atoms with E-state index in [-0.39, 0.29) is 33.8 Å². The van der Waals surface area contributed by atoms with Crippen molar-refractivity contribution in [3.8, 4) is 22.3 Å². The van der Waals surface area contributed by atoms with Gasteiger partial charge in [0.05, 0.1) is 5.69 Å². The van der Waals surface area contributed by atoms with Crippen molar-refractivity contribution in [3.63, 3.8) is 0 Å². The lowest BCUT2D eigenvalue weighted by Gasteiger charge is -2.48. The molecule has 0 amide bonds. The average Bonchev–Trinajstić information content (AvgIpc) is 3.59. The fourth-order valence-corrected chi connectivity index (χ4v) is 13.2. The van der Waals surface area contributed by atoms with Crippen LogP contribution in [-0.4, -0.2) is 6.71 Å². The molecule has 378 valence electrons. The molecule has 0 saturated heterocycles. The molecule has 2 aliphatic heterocycles. The lowest BCUT2D eigenvalue weighted by Crippen LogP contribution is -2.62. The Balaban J connectivity index is 1.18. The summed E-state index contributed by atoms with van der Waals surface area (Å²) in [7, 11) is 0. The van der Waals surface area contributed by atoms with E-state index in [4.69, 9.17) is 0 Å². The molecule has 9 aromatic carbocycles. The number of anilines is 6. The van der Waals surface area contributed by atoms with E-state index in [1.807, 2.05) is 0 Å². The van der Waals surface area contributed by atoms with Crippen LogP contribution in [0.4, 0.5) is 34.1 Å². The van der Waals surface area contributed by atoms with Crippen LogP contribution in [0.25, 0.3) is 22.3 Å². The Morgan fingerprint density at radius 1 is 0.382 bits per heavy atom. The van der Waals surface area contributed by atoms with Crippen LogP contribution < -0.4 is 26.2 Å². The minimum atomic E-state index is -0.247. The predicted molar refractivity (Wildman–Crippen MR) is 327 cm³/mol. The summed E-state index contributed by atoms with van der Waals surface area (Å²) in [5.41, 5.74) is 26.6. The summed E-state index contributed by atoms with van der Waals surface area (Å²) >= 11 is 0. The standard InChI is InChI=1S/C73H73BN2/c1-48-42-66-68-67(43-48)76(63-38-34-53(69(2,3)4)44-58(63)57-31-23-22-30-56(57)49-24-16-13-17-25-49)65-47-60-59(70(5,6)40-41-71(60,7)8)46-62(65)74(68)61-45-54(73(11,12)51-28-20-15-21-29-51)35-39-64(61)75(66)55-36-32-52(33-37-55)72(9,10)50-26-18-14-19-27-50/h13-39,42-47H,40-41H2,1-12H3. The van der Waals surface area contributed by atoms with Crippen LogP contribution in [0.15, 0.2) is 200 Å². The molecule has 0 spiro atoms. The van der Waals surface area contributed by atoms with Gasteiger partial charge < -0.3 is 9.80 Å². The first kappa shape index (κ1) is 49.5. The third kappa shape index (κ3) is 8.07. The molecule has 3 aliphatic rings. The van der Waals surface area contributed by atoms with Crippen molar-refractivity contribution in [2.75, 3.05) is 9.80 Å². The zero-order valence-corrected chi connectivity index (χ0v) is 46.9. The van der Waals surface area contributed by atoms with Crippen molar-refractivity contribution in [1.29, 1.82) is 0 Å². The third-order valence-corrected chi connectivity index (χ3v) is 18.1. The highest BCUT2D eigenvalue weighted by molar-refractivity contribution is 7.00. The molecule has 76 heavy (non-hydrogen) atoms. The molecule has 12 rings (SSSR count). The van der Waals surface area contributed by atoms with Gasteiger partial charge in [0.15, 0.2) is 0 Å². The molecule has 2 heterocycles. The lowest BCUT2D eigenvalue weighted by molar-refractivity contribution is 0.332. The molecular formula is C73H73BN2. The summed E-state index contributed by atoms with van der Waals surface area (Å²) in [6.07, 6.45) is 2.29. The Labute approximate surface area is 454 Å². The molecule has 0 fully saturated rings. The summed E-state index contributed by atoms with van der Waals surface area (Å²) in [4.78, 5) is 5.30. The largest absolute Gasteiger partial charge is 0.311 e. The van der Waals surface area contributed by atoms with Crippen molar-refractivity contribution in [2.24, 2.45) is 0 Å². The first-order valence-electron chi connectivity index (χ1n) is 27.8. The number of hydrogen-bond donors (Lipinski definition) is 0. The first-order chi connectivity index (χ1) is 36.2. The van der Waals surface area contributed by atoms with Gasteiger partial charge in [0.25, 0.3) is 6.71 Å². The van der Waals surface area contributed by atoms with Crippen LogP contribution in [0.1, 0.15) is 134 Å². The quantitative estimate of drug-likeness (QED) is 0.140. The van der Waals surface area contributed by atoms with Gasteiger partial charge in [-0.15, -0.1) is 0 Å². The summed E-state index contributed by atoms with van der Waals surface area (Å²) in [6, 6.07) is 76.7. The van der Waals surface area contributed by atoms with E-state index in [1.54, 1.807) is 0 Å². The van der Waals surface area contributed by atoms with Crippen LogP contribution in [0, 0.1) is 6.92 Å². The van der Waals surface area contributed by atoms with Crippen molar-refractivity contribution >= 4 is 57.2 Å². The molecule has 9 aromatic rings. The SMILES string of the molecule is Cc1cc2c3c(c1)N(c1ccc(C(C)(C)C)cc1-c1ccccc1-c1ccccc1)c1cc4c(cc1B3c1cc(C(C)(C)c3ccccc3)ccc1N2c1ccc(C(C)(C)c2ccccc2)cc1)C(C)(C)CCC4(C)C. The van der Waals surface area contributed by atoms with Crippen LogP contribution in [0.5, 0.6) is 0 Å². The van der Waals surface area contributed by atoms with Crippen molar-refractivity contribution < 1.29 is 0 Å². The third-order valence-electron chi connectivity index (χ3n) is 18.1. The van der Waals surface area contributed by atoms with Gasteiger partial charge in [0, 0.05) is 44.8 Å². The summed E-state index contributed by atoms with van der Waals surface area (Å²) in [5.74, 6) is 0. The second kappa shape index (κ2) is 17.9. The Morgan fingerprint density at radius 2 is 0.855 bits per heavy atom. The van der Waals surface area contributed by atoms with Gasteiger partial charge in [-0.2, -0.15) is 0 Å². The van der Waals surface area contributed by atoms with Gasteiger partial charge in [-0.25, -0.2) is 0 Å². The number of fused-ring (bicyclic) bond motifs is 5. The molecule has 0 N–H and O–H groups in total. The minimum Gasteiger partial charge on any atom is -0.311 e. The van der Waals surface area contributed by atoms with Gasteiger partial charge in [-0.1, -0.05) is 228 Å². The Morgan fingerprint density at radius 3 is 1.46 bits per heavy atom. The zero-order valence-electron chi connectivity index (χ0n) is 46.9. The van der Waals surface area contributed by atoms with Crippen LogP contribution in [0.2, 0.25) is 0 Å². The second-order valence-corrected chi connectivity index (χ2v) is 25.7. The fraction of sp³-hybridized carbons (Fsp3) is 0.260. The molecular weight excluding hydrogens is 916 g/mol. The monoisotopic (exact) mass is 989 g/mol. The summed E-state index contributed by atoms with van der Waals surface area (Å²) < 4.78 is 0. The number of rotatable bonds is 8. The molecule has 0 radical (unpaired) electrons. The smallest absolute Gasteiger partial charge is 0.252 e. The van der Waals surface area contributed by atoms with E-state index in [2.05, 4.69) is 293 Å². The first-order valence-corrected chi connectivity index (χ1v) is 27.8. The molecule has 1 aliphatic carbocycles. The highest BCUT2D eigenvalue weighted by Gasteiger charge is 2.47. The highest BCUT2D eigenvalue weighted by Crippen LogP contribution is 2.53. The Bertz CT molecular complexity index is 3690. The number of nitrogens with zero attached hydrogens (tertiary/aromatic N) is 2. The molecule has 0 bridgehead atoms. The zero-order chi connectivity index (χ0) is 53.1. The topological polar surface area (TPSA) is 6.48 Å². The maximum atomic E-state index is 2.70. The van der Waals surface area contributed by atoms with Gasteiger partial charge >= 0.3 is 0 Å². The molecule has 0 aromatic heterocycles. The summed E-state index contributed by atoms with van der Waals surface area (Å²) in [6.45, 7) is 28.7. The number of hydrogen-bond acceptors (Lipinski definition) is 2.